The highest BCUT2D eigenvalue weighted by atomic mass is 79.9. The van der Waals surface area contributed by atoms with Crippen LogP contribution in [-0.4, -0.2) is 5.84 Å². The number of nitrogens with one attached hydrogen (secondary N) is 1. The van der Waals surface area contributed by atoms with Crippen molar-refractivity contribution in [2.75, 3.05) is 5.43 Å². The largest absolute Gasteiger partial charge is 0.362 e. The highest BCUT2D eigenvalue weighted by molar-refractivity contribution is 9.10. The van der Waals surface area contributed by atoms with Crippen LogP contribution in [0.3, 0.4) is 0 Å². The van der Waals surface area contributed by atoms with Crippen LogP contribution in [0.25, 0.3) is 4.85 Å². The van der Waals surface area contributed by atoms with Gasteiger partial charge in [0.25, 0.3) is 5.84 Å². The van der Waals surface area contributed by atoms with Gasteiger partial charge in [0.1, 0.15) is 5.69 Å². The summed E-state index contributed by atoms with van der Waals surface area (Å²) in [6, 6.07) is 3.14. The predicted octanol–water partition coefficient (Wildman–Crippen LogP) is 4.20. The first kappa shape index (κ1) is 13.7. The van der Waals surface area contributed by atoms with Crippen molar-refractivity contribution < 1.29 is 4.39 Å². The molecule has 1 N–H and O–H groups in total. The van der Waals surface area contributed by atoms with E-state index in [1.807, 2.05) is 13.8 Å². The fourth-order valence-corrected chi connectivity index (χ4v) is 1.78. The summed E-state index contributed by atoms with van der Waals surface area (Å²) in [5, 5.41) is 3.92. The number of halogens is 2. The van der Waals surface area contributed by atoms with Crippen molar-refractivity contribution >= 4 is 27.5 Å². The maximum Gasteiger partial charge on any atom is 0.273 e. The molecule has 0 unspecified atom stereocenters. The first-order valence-electron chi connectivity index (χ1n) is 5.12. The van der Waals surface area contributed by atoms with Gasteiger partial charge in [0.2, 0.25) is 0 Å². The van der Waals surface area contributed by atoms with Gasteiger partial charge < -0.3 is 4.85 Å². The second-order valence-electron chi connectivity index (χ2n) is 3.93. The van der Waals surface area contributed by atoms with Gasteiger partial charge in [-0.1, -0.05) is 36.3 Å². The Balaban J connectivity index is 3.01. The topological polar surface area (TPSA) is 28.8 Å². The number of amidine groups is 1. The van der Waals surface area contributed by atoms with Gasteiger partial charge in [-0.3, -0.25) is 0 Å². The molecule has 0 aliphatic rings. The van der Waals surface area contributed by atoms with E-state index >= 15 is 0 Å². The van der Waals surface area contributed by atoms with Gasteiger partial charge >= 0.3 is 0 Å². The SMILES string of the molecule is [C-]#[N+]/C(=N\Nc1c(C)cc(Br)cc1F)C(C)C. The molecule has 17 heavy (non-hydrogen) atoms. The van der Waals surface area contributed by atoms with Gasteiger partial charge in [0, 0.05) is 10.4 Å². The Labute approximate surface area is 109 Å². The number of rotatable bonds is 3. The minimum absolute atomic E-state index is 0.0128. The quantitative estimate of drug-likeness (QED) is 0.385. The number of benzene rings is 1. The molecule has 0 aliphatic heterocycles. The highest BCUT2D eigenvalue weighted by Crippen LogP contribution is 2.24. The molecule has 0 fully saturated rings. The Morgan fingerprint density at radius 3 is 2.65 bits per heavy atom. The summed E-state index contributed by atoms with van der Waals surface area (Å²) in [5.41, 5.74) is 3.65. The minimum atomic E-state index is -0.395. The second kappa shape index (κ2) is 5.78. The summed E-state index contributed by atoms with van der Waals surface area (Å²) < 4.78 is 14.3. The van der Waals surface area contributed by atoms with Gasteiger partial charge in [-0.05, 0) is 29.7 Å². The number of aryl methyl sites for hydroxylation is 1. The van der Waals surface area contributed by atoms with Gasteiger partial charge in [-0.2, -0.15) is 0 Å². The molecule has 0 saturated heterocycles. The van der Waals surface area contributed by atoms with Gasteiger partial charge in [-0.15, -0.1) is 0 Å². The van der Waals surface area contributed by atoms with Crippen molar-refractivity contribution in [1.82, 2.24) is 0 Å². The lowest BCUT2D eigenvalue weighted by atomic mass is 10.2. The third-order valence-electron chi connectivity index (χ3n) is 2.17. The molecule has 0 aromatic heterocycles. The van der Waals surface area contributed by atoms with E-state index in [1.54, 1.807) is 13.0 Å². The predicted molar refractivity (Wildman–Crippen MR) is 71.3 cm³/mol. The van der Waals surface area contributed by atoms with E-state index in [0.717, 1.165) is 5.56 Å². The molecule has 0 heterocycles. The van der Waals surface area contributed by atoms with Gasteiger partial charge in [-0.25, -0.2) is 9.82 Å². The van der Waals surface area contributed by atoms with E-state index in [2.05, 4.69) is 31.3 Å². The van der Waals surface area contributed by atoms with Crippen molar-refractivity contribution in [3.8, 4) is 0 Å². The van der Waals surface area contributed by atoms with Crippen LogP contribution in [0.4, 0.5) is 10.1 Å². The fourth-order valence-electron chi connectivity index (χ4n) is 1.24. The van der Waals surface area contributed by atoms with E-state index in [-0.39, 0.29) is 5.92 Å². The summed E-state index contributed by atoms with van der Waals surface area (Å²) in [6.07, 6.45) is 0. The number of hydrazone groups is 1. The summed E-state index contributed by atoms with van der Waals surface area (Å²) in [5.74, 6) is -0.0563. The molecule has 0 bridgehead atoms. The fraction of sp³-hybridized carbons (Fsp3) is 0.333. The van der Waals surface area contributed by atoms with Crippen LogP contribution in [0, 0.1) is 25.2 Å². The minimum Gasteiger partial charge on any atom is -0.362 e. The van der Waals surface area contributed by atoms with Gasteiger partial charge in [0.15, 0.2) is 5.82 Å². The van der Waals surface area contributed by atoms with E-state index < -0.39 is 5.82 Å². The maximum absolute atomic E-state index is 13.6. The molecule has 0 atom stereocenters. The molecule has 90 valence electrons. The van der Waals surface area contributed by atoms with Crippen LogP contribution in [0.15, 0.2) is 21.7 Å². The molecule has 3 nitrogen and oxygen atoms in total. The Hall–Kier alpha value is -1.41. The van der Waals surface area contributed by atoms with Crippen molar-refractivity contribution in [2.24, 2.45) is 11.0 Å². The highest BCUT2D eigenvalue weighted by Gasteiger charge is 2.10. The molecule has 1 aromatic rings. The van der Waals surface area contributed by atoms with Crippen LogP contribution in [0.2, 0.25) is 0 Å². The first-order chi connectivity index (χ1) is 7.95. The van der Waals surface area contributed by atoms with Crippen molar-refractivity contribution in [3.63, 3.8) is 0 Å². The summed E-state index contributed by atoms with van der Waals surface area (Å²) >= 11 is 3.21. The molecule has 5 heteroatoms. The van der Waals surface area contributed by atoms with Gasteiger partial charge in [0.05, 0.1) is 0 Å². The maximum atomic E-state index is 13.6. The van der Waals surface area contributed by atoms with Crippen LogP contribution in [-0.2, 0) is 0 Å². The molecular weight excluding hydrogens is 285 g/mol. The average molecular weight is 298 g/mol. The Kier molecular flexibility index (Phi) is 4.64. The molecule has 0 saturated carbocycles. The van der Waals surface area contributed by atoms with Crippen molar-refractivity contribution in [2.45, 2.75) is 20.8 Å². The van der Waals surface area contributed by atoms with Crippen LogP contribution >= 0.6 is 15.9 Å². The zero-order valence-corrected chi connectivity index (χ0v) is 11.5. The first-order valence-corrected chi connectivity index (χ1v) is 5.91. The summed E-state index contributed by atoms with van der Waals surface area (Å²) in [6.45, 7) is 12.5. The standard InChI is InChI=1S/C12H13BrFN3/c1-7(2)12(15-4)17-16-11-8(3)5-9(13)6-10(11)14/h5-7,16H,1-3H3/b17-12-. The zero-order chi connectivity index (χ0) is 13.0. The molecule has 0 aliphatic carbocycles. The van der Waals surface area contributed by atoms with E-state index in [9.17, 15) is 4.39 Å². The lowest BCUT2D eigenvalue weighted by molar-refractivity contribution is 0.628. The van der Waals surface area contributed by atoms with E-state index in [1.165, 1.54) is 6.07 Å². The Bertz CT molecular complexity index is 466. The lowest BCUT2D eigenvalue weighted by Crippen LogP contribution is -2.06. The zero-order valence-electron chi connectivity index (χ0n) is 9.88. The van der Waals surface area contributed by atoms with Crippen LogP contribution in [0.1, 0.15) is 19.4 Å². The summed E-state index contributed by atoms with van der Waals surface area (Å²) in [7, 11) is 0. The third-order valence-corrected chi connectivity index (χ3v) is 2.62. The molecule has 1 aromatic carbocycles. The van der Waals surface area contributed by atoms with Crippen molar-refractivity contribution in [1.29, 1.82) is 0 Å². The lowest BCUT2D eigenvalue weighted by Gasteiger charge is -2.06. The molecule has 1 rings (SSSR count). The monoisotopic (exact) mass is 297 g/mol. The molecule has 0 radical (unpaired) electrons. The number of nitrogens with zero attached hydrogens (tertiary/aromatic N) is 2. The Morgan fingerprint density at radius 2 is 2.18 bits per heavy atom. The average Bonchev–Trinajstić information content (AvgIpc) is 2.21. The molecular formula is C12H13BrFN3. The smallest absolute Gasteiger partial charge is 0.273 e. The van der Waals surface area contributed by atoms with E-state index in [4.69, 9.17) is 6.57 Å². The number of hydrogen-bond acceptors (Lipinski definition) is 2. The van der Waals surface area contributed by atoms with Crippen LogP contribution < -0.4 is 5.43 Å². The second-order valence-corrected chi connectivity index (χ2v) is 4.84. The third kappa shape index (κ3) is 3.53. The van der Waals surface area contributed by atoms with E-state index in [0.29, 0.717) is 16.0 Å². The normalized spacial score (nSPS) is 11.5. The van der Waals surface area contributed by atoms with Crippen molar-refractivity contribution in [3.05, 3.63) is 39.4 Å². The Morgan fingerprint density at radius 1 is 1.53 bits per heavy atom. The number of anilines is 1. The molecule has 0 amide bonds. The molecule has 0 spiro atoms. The number of hydrogen-bond donors (Lipinski definition) is 1. The van der Waals surface area contributed by atoms with Crippen LogP contribution in [0.5, 0.6) is 0 Å². The summed E-state index contributed by atoms with van der Waals surface area (Å²) in [4.78, 5) is 3.29.